The molecule has 0 aliphatic rings. The molecule has 0 unspecified atom stereocenters. The first-order valence-corrected chi connectivity index (χ1v) is 5.06. The van der Waals surface area contributed by atoms with Crippen molar-refractivity contribution in [3.63, 3.8) is 0 Å². The average molecular weight is 208 g/mol. The third-order valence-corrected chi connectivity index (χ3v) is 2.07. The first-order valence-electron chi connectivity index (χ1n) is 5.06. The third kappa shape index (κ3) is 2.72. The Morgan fingerprint density at radius 2 is 2.13 bits per heavy atom. The molecule has 0 amide bonds. The molecule has 82 valence electrons. The average Bonchev–Trinajstić information content (AvgIpc) is 2.20. The second-order valence-corrected chi connectivity index (χ2v) is 3.63. The molecule has 0 bridgehead atoms. The Labute approximate surface area is 89.7 Å². The Bertz CT molecular complexity index is 356. The first-order chi connectivity index (χ1) is 7.06. The van der Waals surface area contributed by atoms with Gasteiger partial charge in [-0.15, -0.1) is 0 Å². The minimum absolute atomic E-state index is 0.0518. The van der Waals surface area contributed by atoms with E-state index in [2.05, 4.69) is 0 Å². The molecule has 1 N–H and O–H groups in total. The number of hydrogen-bond acceptors (Lipinski definition) is 3. The van der Waals surface area contributed by atoms with Crippen LogP contribution in [-0.2, 0) is 0 Å². The molecule has 1 aromatic rings. The number of carbonyl (C=O) groups is 1. The van der Waals surface area contributed by atoms with Crippen LogP contribution in [0.15, 0.2) is 18.2 Å². The topological polar surface area (TPSA) is 46.5 Å². The fourth-order valence-corrected chi connectivity index (χ4v) is 1.27. The molecule has 1 rings (SSSR count). The molecule has 0 heterocycles. The van der Waals surface area contributed by atoms with Gasteiger partial charge in [0.25, 0.3) is 0 Å². The van der Waals surface area contributed by atoms with Crippen LogP contribution in [0.4, 0.5) is 0 Å². The predicted molar refractivity (Wildman–Crippen MR) is 58.4 cm³/mol. The lowest BCUT2D eigenvalue weighted by molar-refractivity contribution is 0.0939. The Balaban J connectivity index is 3.01. The molecule has 0 atom stereocenters. The Kier molecular flexibility index (Phi) is 3.72. The number of ether oxygens (including phenoxy) is 1. The number of phenols is 1. The Morgan fingerprint density at radius 1 is 1.47 bits per heavy atom. The number of phenolic OH excluding ortho intramolecular Hbond substituents is 1. The molecular formula is C12H16O3. The Morgan fingerprint density at radius 3 is 2.67 bits per heavy atom. The molecule has 0 aliphatic carbocycles. The number of benzene rings is 1. The van der Waals surface area contributed by atoms with Crippen LogP contribution in [0.3, 0.4) is 0 Å². The van der Waals surface area contributed by atoms with Crippen molar-refractivity contribution in [1.82, 2.24) is 0 Å². The SMILES string of the molecule is CCOc1cc(C(=O)C(C)C)ccc1O. The van der Waals surface area contributed by atoms with Gasteiger partial charge in [-0.1, -0.05) is 13.8 Å². The normalized spacial score (nSPS) is 10.4. The van der Waals surface area contributed by atoms with E-state index in [0.717, 1.165) is 0 Å². The quantitative estimate of drug-likeness (QED) is 0.774. The molecule has 0 fully saturated rings. The van der Waals surface area contributed by atoms with Crippen molar-refractivity contribution in [2.75, 3.05) is 6.61 Å². The number of ketones is 1. The van der Waals surface area contributed by atoms with Crippen LogP contribution in [0, 0.1) is 5.92 Å². The predicted octanol–water partition coefficient (Wildman–Crippen LogP) is 2.63. The molecule has 0 spiro atoms. The van der Waals surface area contributed by atoms with Gasteiger partial charge in [-0.25, -0.2) is 0 Å². The summed E-state index contributed by atoms with van der Waals surface area (Å²) in [6.07, 6.45) is 0. The second kappa shape index (κ2) is 4.82. The molecule has 0 saturated carbocycles. The lowest BCUT2D eigenvalue weighted by Crippen LogP contribution is -2.07. The van der Waals surface area contributed by atoms with Crippen molar-refractivity contribution in [3.8, 4) is 11.5 Å². The van der Waals surface area contributed by atoms with Crippen molar-refractivity contribution in [3.05, 3.63) is 23.8 Å². The van der Waals surface area contributed by atoms with Gasteiger partial charge in [-0.3, -0.25) is 4.79 Å². The van der Waals surface area contributed by atoms with Crippen molar-refractivity contribution in [1.29, 1.82) is 0 Å². The van der Waals surface area contributed by atoms with Crippen LogP contribution >= 0.6 is 0 Å². The molecule has 0 aliphatic heterocycles. The van der Waals surface area contributed by atoms with Crippen molar-refractivity contribution in [2.45, 2.75) is 20.8 Å². The van der Waals surface area contributed by atoms with Gasteiger partial charge >= 0.3 is 0 Å². The highest BCUT2D eigenvalue weighted by Gasteiger charge is 2.12. The molecule has 0 saturated heterocycles. The van der Waals surface area contributed by atoms with E-state index < -0.39 is 0 Å². The summed E-state index contributed by atoms with van der Waals surface area (Å²) in [5, 5.41) is 9.45. The first kappa shape index (κ1) is 11.6. The van der Waals surface area contributed by atoms with Crippen LogP contribution in [0.25, 0.3) is 0 Å². The number of carbonyl (C=O) groups excluding carboxylic acids is 1. The highest BCUT2D eigenvalue weighted by molar-refractivity contribution is 5.97. The van der Waals surface area contributed by atoms with Gasteiger partial charge in [0, 0.05) is 11.5 Å². The molecule has 3 heteroatoms. The molecule has 1 aromatic carbocycles. The van der Waals surface area contributed by atoms with Crippen LogP contribution in [0.2, 0.25) is 0 Å². The van der Waals surface area contributed by atoms with Gasteiger partial charge in [0.05, 0.1) is 6.61 Å². The molecule has 15 heavy (non-hydrogen) atoms. The molecular weight excluding hydrogens is 192 g/mol. The monoisotopic (exact) mass is 208 g/mol. The van der Waals surface area contributed by atoms with Crippen molar-refractivity contribution in [2.24, 2.45) is 5.92 Å². The van der Waals surface area contributed by atoms with Crippen LogP contribution in [-0.4, -0.2) is 17.5 Å². The van der Waals surface area contributed by atoms with Gasteiger partial charge in [-0.05, 0) is 25.1 Å². The van der Waals surface area contributed by atoms with E-state index in [0.29, 0.717) is 17.9 Å². The lowest BCUT2D eigenvalue weighted by Gasteiger charge is -2.09. The standard InChI is InChI=1S/C12H16O3/c1-4-15-11-7-9(5-6-10(11)13)12(14)8(2)3/h5-8,13H,4H2,1-3H3. The van der Waals surface area contributed by atoms with E-state index in [1.165, 1.54) is 6.07 Å². The van der Waals surface area contributed by atoms with Crippen LogP contribution in [0.1, 0.15) is 31.1 Å². The molecule has 0 radical (unpaired) electrons. The number of aromatic hydroxyl groups is 1. The second-order valence-electron chi connectivity index (χ2n) is 3.63. The maximum atomic E-state index is 11.7. The Hall–Kier alpha value is -1.51. The lowest BCUT2D eigenvalue weighted by atomic mass is 10.0. The molecule has 0 aromatic heterocycles. The van der Waals surface area contributed by atoms with E-state index >= 15 is 0 Å². The van der Waals surface area contributed by atoms with Gasteiger partial charge in [0.15, 0.2) is 17.3 Å². The fraction of sp³-hybridized carbons (Fsp3) is 0.417. The third-order valence-electron chi connectivity index (χ3n) is 2.07. The molecule has 3 nitrogen and oxygen atoms in total. The van der Waals surface area contributed by atoms with Crippen LogP contribution < -0.4 is 4.74 Å². The van der Waals surface area contributed by atoms with Gasteiger partial charge < -0.3 is 9.84 Å². The summed E-state index contributed by atoms with van der Waals surface area (Å²) < 4.78 is 5.20. The largest absolute Gasteiger partial charge is 0.504 e. The zero-order valence-electron chi connectivity index (χ0n) is 9.28. The van der Waals surface area contributed by atoms with Gasteiger partial charge in [0.2, 0.25) is 0 Å². The van der Waals surface area contributed by atoms with E-state index in [9.17, 15) is 9.90 Å². The minimum atomic E-state index is -0.0518. The summed E-state index contributed by atoms with van der Waals surface area (Å²) in [5.74, 6) is 0.432. The summed E-state index contributed by atoms with van der Waals surface area (Å²) in [6.45, 7) is 5.98. The van der Waals surface area contributed by atoms with Gasteiger partial charge in [-0.2, -0.15) is 0 Å². The van der Waals surface area contributed by atoms with Gasteiger partial charge in [0.1, 0.15) is 0 Å². The maximum absolute atomic E-state index is 11.7. The fourth-order valence-electron chi connectivity index (χ4n) is 1.27. The van der Waals surface area contributed by atoms with Crippen molar-refractivity contribution >= 4 is 5.78 Å². The van der Waals surface area contributed by atoms with E-state index in [-0.39, 0.29) is 17.5 Å². The summed E-state index contributed by atoms with van der Waals surface area (Å²) in [4.78, 5) is 11.7. The summed E-state index contributed by atoms with van der Waals surface area (Å²) in [5.41, 5.74) is 0.575. The number of Topliss-reactive ketones (excluding diaryl/α,β-unsaturated/α-hetero) is 1. The van der Waals surface area contributed by atoms with Crippen LogP contribution in [0.5, 0.6) is 11.5 Å². The highest BCUT2D eigenvalue weighted by atomic mass is 16.5. The minimum Gasteiger partial charge on any atom is -0.504 e. The number of rotatable bonds is 4. The summed E-state index contributed by atoms with van der Waals surface area (Å²) >= 11 is 0. The summed E-state index contributed by atoms with van der Waals surface area (Å²) in [7, 11) is 0. The summed E-state index contributed by atoms with van der Waals surface area (Å²) in [6, 6.07) is 4.68. The number of hydrogen-bond donors (Lipinski definition) is 1. The van der Waals surface area contributed by atoms with E-state index in [1.807, 2.05) is 20.8 Å². The smallest absolute Gasteiger partial charge is 0.165 e. The zero-order valence-corrected chi connectivity index (χ0v) is 9.28. The zero-order chi connectivity index (χ0) is 11.4. The van der Waals surface area contributed by atoms with Crippen molar-refractivity contribution < 1.29 is 14.6 Å². The maximum Gasteiger partial charge on any atom is 0.165 e. The van der Waals surface area contributed by atoms with E-state index in [4.69, 9.17) is 4.74 Å². The van der Waals surface area contributed by atoms with E-state index in [1.54, 1.807) is 12.1 Å². The highest BCUT2D eigenvalue weighted by Crippen LogP contribution is 2.27.